The Morgan fingerprint density at radius 1 is 1.26 bits per heavy atom. The minimum atomic E-state index is 0.372. The molecule has 0 saturated carbocycles. The summed E-state index contributed by atoms with van der Waals surface area (Å²) in [5, 5.41) is 0. The Morgan fingerprint density at radius 3 is 2.68 bits per heavy atom. The number of hydrogen-bond donors (Lipinski definition) is 1. The van der Waals surface area contributed by atoms with Gasteiger partial charge < -0.3 is 10.6 Å². The monoisotopic (exact) mass is 262 g/mol. The molecule has 1 aliphatic rings. The van der Waals surface area contributed by atoms with Crippen LogP contribution in [0.15, 0.2) is 6.20 Å². The highest BCUT2D eigenvalue weighted by Crippen LogP contribution is 2.35. The standard InChI is InChI=1S/C15H26N4/c1-11-10-17-14(16)18-13(11)19-8-5-6-12(7-9-19)15(2,3)4/h10,12H,5-9H2,1-4H3,(H2,16,17,18). The minimum absolute atomic E-state index is 0.372. The molecule has 2 N–H and O–H groups in total. The molecule has 1 fully saturated rings. The smallest absolute Gasteiger partial charge is 0.221 e. The molecule has 1 aromatic heterocycles. The molecule has 4 nitrogen and oxygen atoms in total. The van der Waals surface area contributed by atoms with E-state index in [9.17, 15) is 0 Å². The number of hydrogen-bond acceptors (Lipinski definition) is 4. The highest BCUT2D eigenvalue weighted by atomic mass is 15.2. The van der Waals surface area contributed by atoms with Gasteiger partial charge in [-0.25, -0.2) is 4.98 Å². The Bertz CT molecular complexity index is 436. The Hall–Kier alpha value is -1.32. The molecule has 2 heterocycles. The van der Waals surface area contributed by atoms with Crippen molar-refractivity contribution in [1.82, 2.24) is 9.97 Å². The van der Waals surface area contributed by atoms with E-state index in [1.165, 1.54) is 19.3 Å². The van der Waals surface area contributed by atoms with Crippen molar-refractivity contribution in [2.45, 2.75) is 47.0 Å². The highest BCUT2D eigenvalue weighted by molar-refractivity contribution is 5.48. The summed E-state index contributed by atoms with van der Waals surface area (Å²) in [4.78, 5) is 10.8. The number of anilines is 2. The van der Waals surface area contributed by atoms with Crippen LogP contribution in [0, 0.1) is 18.3 Å². The van der Waals surface area contributed by atoms with Gasteiger partial charge in [-0.05, 0) is 37.5 Å². The van der Waals surface area contributed by atoms with Crippen molar-refractivity contribution < 1.29 is 0 Å². The predicted molar refractivity (Wildman–Crippen MR) is 80.2 cm³/mol. The fraction of sp³-hybridized carbons (Fsp3) is 0.733. The fourth-order valence-corrected chi connectivity index (χ4v) is 2.94. The number of nitrogen functional groups attached to an aromatic ring is 1. The van der Waals surface area contributed by atoms with Crippen LogP contribution in [-0.2, 0) is 0 Å². The van der Waals surface area contributed by atoms with E-state index >= 15 is 0 Å². The van der Waals surface area contributed by atoms with Crippen LogP contribution >= 0.6 is 0 Å². The van der Waals surface area contributed by atoms with Crippen molar-refractivity contribution in [3.63, 3.8) is 0 Å². The molecule has 1 unspecified atom stereocenters. The summed E-state index contributed by atoms with van der Waals surface area (Å²) < 4.78 is 0. The molecule has 0 aliphatic carbocycles. The lowest BCUT2D eigenvalue weighted by atomic mass is 9.77. The maximum Gasteiger partial charge on any atom is 0.221 e. The van der Waals surface area contributed by atoms with Crippen LogP contribution in [0.25, 0.3) is 0 Å². The van der Waals surface area contributed by atoms with Crippen LogP contribution in [0.5, 0.6) is 0 Å². The van der Waals surface area contributed by atoms with Crippen molar-refractivity contribution >= 4 is 11.8 Å². The van der Waals surface area contributed by atoms with Crippen molar-refractivity contribution in [2.75, 3.05) is 23.7 Å². The average molecular weight is 262 g/mol. The summed E-state index contributed by atoms with van der Waals surface area (Å²) in [5.41, 5.74) is 7.23. The molecule has 0 bridgehead atoms. The molecule has 106 valence electrons. The Balaban J connectivity index is 2.13. The number of rotatable bonds is 1. The van der Waals surface area contributed by atoms with Gasteiger partial charge in [0, 0.05) is 24.8 Å². The molecule has 1 atom stereocenters. The second-order valence-electron chi connectivity index (χ2n) is 6.72. The van der Waals surface area contributed by atoms with Gasteiger partial charge in [0.2, 0.25) is 5.95 Å². The quantitative estimate of drug-likeness (QED) is 0.845. The predicted octanol–water partition coefficient (Wildman–Crippen LogP) is 3.02. The molecule has 2 rings (SSSR count). The third-order valence-electron chi connectivity index (χ3n) is 4.22. The van der Waals surface area contributed by atoms with E-state index in [0.717, 1.165) is 30.4 Å². The van der Waals surface area contributed by atoms with Crippen LogP contribution in [0.1, 0.15) is 45.6 Å². The zero-order valence-corrected chi connectivity index (χ0v) is 12.6. The molecule has 19 heavy (non-hydrogen) atoms. The largest absolute Gasteiger partial charge is 0.368 e. The van der Waals surface area contributed by atoms with Gasteiger partial charge >= 0.3 is 0 Å². The maximum absolute atomic E-state index is 5.72. The van der Waals surface area contributed by atoms with Crippen molar-refractivity contribution in [3.8, 4) is 0 Å². The van der Waals surface area contributed by atoms with Gasteiger partial charge in [0.1, 0.15) is 5.82 Å². The summed E-state index contributed by atoms with van der Waals surface area (Å²) >= 11 is 0. The molecule has 1 saturated heterocycles. The van der Waals surface area contributed by atoms with Crippen LogP contribution in [0.3, 0.4) is 0 Å². The van der Waals surface area contributed by atoms with Gasteiger partial charge in [-0.3, -0.25) is 0 Å². The molecule has 1 aliphatic heterocycles. The summed E-state index contributed by atoms with van der Waals surface area (Å²) in [6.45, 7) is 11.2. The zero-order valence-electron chi connectivity index (χ0n) is 12.6. The first-order valence-electron chi connectivity index (χ1n) is 7.22. The molecule has 0 spiro atoms. The normalized spacial score (nSPS) is 21.3. The fourth-order valence-electron chi connectivity index (χ4n) is 2.94. The minimum Gasteiger partial charge on any atom is -0.368 e. The molecule has 4 heteroatoms. The second kappa shape index (κ2) is 5.35. The molecule has 0 radical (unpaired) electrons. The first kappa shape index (κ1) is 14.1. The summed E-state index contributed by atoms with van der Waals surface area (Å²) in [5.74, 6) is 2.18. The van der Waals surface area contributed by atoms with Crippen LogP contribution in [0.2, 0.25) is 0 Å². The van der Waals surface area contributed by atoms with Crippen LogP contribution in [0.4, 0.5) is 11.8 Å². The van der Waals surface area contributed by atoms with Crippen molar-refractivity contribution in [2.24, 2.45) is 11.3 Å². The van der Waals surface area contributed by atoms with Gasteiger partial charge in [0.25, 0.3) is 0 Å². The van der Waals surface area contributed by atoms with Crippen molar-refractivity contribution in [1.29, 1.82) is 0 Å². The first-order chi connectivity index (χ1) is 8.88. The van der Waals surface area contributed by atoms with E-state index in [0.29, 0.717) is 11.4 Å². The van der Waals surface area contributed by atoms with Gasteiger partial charge in [0.15, 0.2) is 0 Å². The van der Waals surface area contributed by atoms with Crippen LogP contribution in [-0.4, -0.2) is 23.1 Å². The van der Waals surface area contributed by atoms with Gasteiger partial charge in [-0.1, -0.05) is 20.8 Å². The van der Waals surface area contributed by atoms with E-state index in [2.05, 4.69) is 42.6 Å². The lowest BCUT2D eigenvalue weighted by Crippen LogP contribution is -2.27. The second-order valence-corrected chi connectivity index (χ2v) is 6.72. The Morgan fingerprint density at radius 2 is 2.00 bits per heavy atom. The third kappa shape index (κ3) is 3.37. The Labute approximate surface area is 116 Å². The molecular formula is C15H26N4. The molecule has 0 aromatic carbocycles. The first-order valence-corrected chi connectivity index (χ1v) is 7.22. The summed E-state index contributed by atoms with van der Waals surface area (Å²) in [6.07, 6.45) is 5.58. The summed E-state index contributed by atoms with van der Waals surface area (Å²) in [7, 11) is 0. The SMILES string of the molecule is Cc1cnc(N)nc1N1CCCC(C(C)(C)C)CC1. The lowest BCUT2D eigenvalue weighted by molar-refractivity contribution is 0.220. The van der Waals surface area contributed by atoms with Gasteiger partial charge in [-0.2, -0.15) is 4.98 Å². The van der Waals surface area contributed by atoms with Gasteiger partial charge in [-0.15, -0.1) is 0 Å². The van der Waals surface area contributed by atoms with Gasteiger partial charge in [0.05, 0.1) is 0 Å². The number of nitrogens with two attached hydrogens (primary N) is 1. The zero-order chi connectivity index (χ0) is 14.0. The van der Waals surface area contributed by atoms with E-state index in [-0.39, 0.29) is 0 Å². The van der Waals surface area contributed by atoms with E-state index in [1.54, 1.807) is 0 Å². The molecule has 0 amide bonds. The van der Waals surface area contributed by atoms with E-state index in [1.807, 2.05) is 6.20 Å². The Kier molecular flexibility index (Phi) is 3.97. The topological polar surface area (TPSA) is 55.0 Å². The average Bonchev–Trinajstić information content (AvgIpc) is 2.57. The number of aryl methyl sites for hydroxylation is 1. The number of nitrogens with zero attached hydrogens (tertiary/aromatic N) is 3. The van der Waals surface area contributed by atoms with E-state index < -0.39 is 0 Å². The highest BCUT2D eigenvalue weighted by Gasteiger charge is 2.27. The van der Waals surface area contributed by atoms with E-state index in [4.69, 9.17) is 5.73 Å². The van der Waals surface area contributed by atoms with Crippen LogP contribution < -0.4 is 10.6 Å². The summed E-state index contributed by atoms with van der Waals surface area (Å²) in [6, 6.07) is 0. The molecular weight excluding hydrogens is 236 g/mol. The third-order valence-corrected chi connectivity index (χ3v) is 4.22. The number of aromatic nitrogens is 2. The van der Waals surface area contributed by atoms with Crippen molar-refractivity contribution in [3.05, 3.63) is 11.8 Å². The maximum atomic E-state index is 5.72. The molecule has 1 aromatic rings. The lowest BCUT2D eigenvalue weighted by Gasteiger charge is -2.30.